The number of anilines is 3. The van der Waals surface area contributed by atoms with Crippen LogP contribution in [-0.2, 0) is 10.8 Å². The van der Waals surface area contributed by atoms with Gasteiger partial charge in [0, 0.05) is 32.4 Å². The highest BCUT2D eigenvalue weighted by Crippen LogP contribution is 2.53. The standard InChI is InChI=1S/C32H25N.C20H17N.C12H9Br.2CH4/c1-32(30-16-7-5-14-28(30)29-15-6-8-17-31(29)32)25-12-9-13-27(22-25)33-26-20-18-24(19-21-26)23-10-3-2-4-11-23;1-20(14-7-6-8-15(21)13-14)18-11-4-2-9-16(18)17-10-3-5-12-19(17)20;13-12-8-6-11(7-9-12)10-4-2-1-3-5-10;;/h2-22,33H,1H3;2-13H,21H2,1H3;1-9H;2*1H4. The molecule has 0 spiro atoms. The van der Waals surface area contributed by atoms with Gasteiger partial charge in [-0.3, -0.25) is 0 Å². The molecule has 0 fully saturated rings. The molecule has 12 rings (SSSR count). The minimum absolute atomic E-state index is 0. The Hall–Kier alpha value is -7.72. The normalized spacial score (nSPS) is 12.6. The maximum absolute atomic E-state index is 6.03. The van der Waals surface area contributed by atoms with E-state index in [-0.39, 0.29) is 25.7 Å². The second kappa shape index (κ2) is 20.7. The lowest BCUT2D eigenvalue weighted by Crippen LogP contribution is -2.22. The summed E-state index contributed by atoms with van der Waals surface area (Å²) in [6, 6.07) is 89.9. The van der Waals surface area contributed by atoms with Gasteiger partial charge in [-0.05, 0) is 140 Å². The summed E-state index contributed by atoms with van der Waals surface area (Å²) < 4.78 is 1.12. The van der Waals surface area contributed by atoms with Gasteiger partial charge in [0.25, 0.3) is 0 Å². The van der Waals surface area contributed by atoms with E-state index in [2.05, 4.69) is 266 Å². The summed E-state index contributed by atoms with van der Waals surface area (Å²) in [7, 11) is 0. The highest BCUT2D eigenvalue weighted by Gasteiger charge is 2.41. The fourth-order valence-electron chi connectivity index (χ4n) is 10.1. The third kappa shape index (κ3) is 9.31. The van der Waals surface area contributed by atoms with Crippen molar-refractivity contribution in [2.75, 3.05) is 11.1 Å². The number of rotatable bonds is 6. The number of halogens is 1. The lowest BCUT2D eigenvalue weighted by atomic mass is 9.74. The van der Waals surface area contributed by atoms with E-state index >= 15 is 0 Å². The molecular formula is C66H59BrN2. The molecule has 2 nitrogen and oxygen atoms in total. The van der Waals surface area contributed by atoms with Gasteiger partial charge < -0.3 is 11.1 Å². The number of fused-ring (bicyclic) bond motifs is 6. The molecule has 0 heterocycles. The Balaban J connectivity index is 0.000000152. The smallest absolute Gasteiger partial charge is 0.0436 e. The molecule has 3 N–H and O–H groups in total. The van der Waals surface area contributed by atoms with E-state index in [0.717, 1.165) is 21.5 Å². The highest BCUT2D eigenvalue weighted by molar-refractivity contribution is 9.10. The zero-order valence-electron chi connectivity index (χ0n) is 37.7. The van der Waals surface area contributed by atoms with Gasteiger partial charge in [0.05, 0.1) is 0 Å². The largest absolute Gasteiger partial charge is 0.399 e. The summed E-state index contributed by atoms with van der Waals surface area (Å²) >= 11 is 3.42. The minimum Gasteiger partial charge on any atom is -0.399 e. The van der Waals surface area contributed by atoms with Crippen molar-refractivity contribution in [3.05, 3.63) is 293 Å². The predicted octanol–water partition coefficient (Wildman–Crippen LogP) is 18.4. The summed E-state index contributed by atoms with van der Waals surface area (Å²) in [6.45, 7) is 4.65. The van der Waals surface area contributed by atoms with Crippen LogP contribution in [0.15, 0.2) is 259 Å². The number of nitrogen functional groups attached to an aromatic ring is 1. The molecule has 3 heteroatoms. The molecule has 10 aromatic carbocycles. The molecule has 0 atom stereocenters. The van der Waals surface area contributed by atoms with Crippen molar-refractivity contribution < 1.29 is 0 Å². The fourth-order valence-corrected chi connectivity index (χ4v) is 10.4. The molecule has 0 saturated heterocycles. The number of nitrogens with one attached hydrogen (secondary N) is 1. The molecule has 340 valence electrons. The first kappa shape index (κ1) is 47.8. The Bertz CT molecular complexity index is 3210. The Morgan fingerprint density at radius 2 is 0.681 bits per heavy atom. The zero-order valence-corrected chi connectivity index (χ0v) is 39.3. The van der Waals surface area contributed by atoms with Crippen molar-refractivity contribution in [3.63, 3.8) is 0 Å². The Kier molecular flexibility index (Phi) is 14.3. The molecule has 0 aliphatic heterocycles. The molecule has 69 heavy (non-hydrogen) atoms. The van der Waals surface area contributed by atoms with Crippen molar-refractivity contribution in [3.8, 4) is 44.5 Å². The van der Waals surface area contributed by atoms with Gasteiger partial charge in [-0.2, -0.15) is 0 Å². The predicted molar refractivity (Wildman–Crippen MR) is 300 cm³/mol. The van der Waals surface area contributed by atoms with Crippen LogP contribution in [0.25, 0.3) is 44.5 Å². The van der Waals surface area contributed by atoms with E-state index in [9.17, 15) is 0 Å². The summed E-state index contributed by atoms with van der Waals surface area (Å²) in [5.41, 5.74) is 27.0. The molecule has 2 aliphatic rings. The van der Waals surface area contributed by atoms with Gasteiger partial charge in [-0.25, -0.2) is 0 Å². The quantitative estimate of drug-likeness (QED) is 0.163. The lowest BCUT2D eigenvalue weighted by Gasteiger charge is -2.28. The number of nitrogens with two attached hydrogens (primary N) is 1. The second-order valence-corrected chi connectivity index (χ2v) is 18.5. The average molecular weight is 960 g/mol. The lowest BCUT2D eigenvalue weighted by molar-refractivity contribution is 0.714. The molecule has 0 saturated carbocycles. The van der Waals surface area contributed by atoms with Gasteiger partial charge in [-0.15, -0.1) is 0 Å². The van der Waals surface area contributed by atoms with E-state index in [4.69, 9.17) is 5.73 Å². The fraction of sp³-hybridized carbons (Fsp3) is 0.0909. The van der Waals surface area contributed by atoms with Crippen LogP contribution >= 0.6 is 15.9 Å². The molecule has 0 unspecified atom stereocenters. The topological polar surface area (TPSA) is 38.0 Å². The first-order chi connectivity index (χ1) is 32.8. The molecule has 0 radical (unpaired) electrons. The third-order valence-corrected chi connectivity index (χ3v) is 14.1. The van der Waals surface area contributed by atoms with Gasteiger partial charge in [0.15, 0.2) is 0 Å². The van der Waals surface area contributed by atoms with E-state index in [1.54, 1.807) is 0 Å². The van der Waals surface area contributed by atoms with Crippen LogP contribution < -0.4 is 11.1 Å². The van der Waals surface area contributed by atoms with E-state index < -0.39 is 0 Å². The average Bonchev–Trinajstić information content (AvgIpc) is 3.81. The van der Waals surface area contributed by atoms with E-state index in [1.165, 1.54) is 77.9 Å². The Morgan fingerprint density at radius 3 is 1.10 bits per heavy atom. The van der Waals surface area contributed by atoms with Crippen LogP contribution in [0.1, 0.15) is 62.1 Å². The van der Waals surface area contributed by atoms with Gasteiger partial charge in [-0.1, -0.05) is 237 Å². The van der Waals surface area contributed by atoms with Crippen LogP contribution in [0.4, 0.5) is 17.1 Å². The summed E-state index contributed by atoms with van der Waals surface area (Å²) in [4.78, 5) is 0. The van der Waals surface area contributed by atoms with Crippen molar-refractivity contribution in [2.24, 2.45) is 0 Å². The van der Waals surface area contributed by atoms with Gasteiger partial charge >= 0.3 is 0 Å². The summed E-state index contributed by atoms with van der Waals surface area (Å²) in [5, 5.41) is 3.61. The third-order valence-electron chi connectivity index (χ3n) is 13.6. The van der Waals surface area contributed by atoms with Crippen molar-refractivity contribution in [1.29, 1.82) is 0 Å². The van der Waals surface area contributed by atoms with Crippen molar-refractivity contribution in [1.82, 2.24) is 0 Å². The first-order valence-electron chi connectivity index (χ1n) is 22.9. The number of benzene rings is 10. The zero-order chi connectivity index (χ0) is 45.8. The molecule has 0 amide bonds. The van der Waals surface area contributed by atoms with Crippen LogP contribution in [0.2, 0.25) is 0 Å². The van der Waals surface area contributed by atoms with E-state index in [1.807, 2.05) is 24.3 Å². The molecule has 0 aromatic heterocycles. The highest BCUT2D eigenvalue weighted by atomic mass is 79.9. The van der Waals surface area contributed by atoms with Crippen molar-refractivity contribution >= 4 is 33.0 Å². The molecule has 2 aliphatic carbocycles. The first-order valence-corrected chi connectivity index (χ1v) is 23.7. The number of hydrogen-bond acceptors (Lipinski definition) is 2. The van der Waals surface area contributed by atoms with E-state index in [0.29, 0.717) is 0 Å². The monoisotopic (exact) mass is 958 g/mol. The van der Waals surface area contributed by atoms with Gasteiger partial charge in [0.1, 0.15) is 0 Å². The second-order valence-electron chi connectivity index (χ2n) is 17.6. The number of hydrogen-bond donors (Lipinski definition) is 2. The van der Waals surface area contributed by atoms with Crippen LogP contribution in [0.3, 0.4) is 0 Å². The van der Waals surface area contributed by atoms with Gasteiger partial charge in [0.2, 0.25) is 0 Å². The van der Waals surface area contributed by atoms with Crippen molar-refractivity contribution in [2.45, 2.75) is 39.5 Å². The van der Waals surface area contributed by atoms with Crippen LogP contribution in [0, 0.1) is 0 Å². The molecular weight excluding hydrogens is 901 g/mol. The minimum atomic E-state index is -0.179. The Labute approximate surface area is 418 Å². The maximum Gasteiger partial charge on any atom is 0.0436 e. The molecule has 10 aromatic rings. The molecule has 0 bridgehead atoms. The summed E-state index contributed by atoms with van der Waals surface area (Å²) in [5.74, 6) is 0. The SMILES string of the molecule is Brc1ccc(-c2ccccc2)cc1.C.C.CC1(c2cccc(N)c2)c2ccccc2-c2ccccc21.CC1(c2cccc(Nc3ccc(-c4ccccc4)cc3)c2)c2ccccc2-c2ccccc21. The van der Waals surface area contributed by atoms with Crippen LogP contribution in [0.5, 0.6) is 0 Å². The maximum atomic E-state index is 6.03. The summed E-state index contributed by atoms with van der Waals surface area (Å²) in [6.07, 6.45) is 0. The van der Waals surface area contributed by atoms with Crippen LogP contribution in [-0.4, -0.2) is 0 Å². The Morgan fingerprint density at radius 1 is 0.333 bits per heavy atom.